The van der Waals surface area contributed by atoms with E-state index in [1.165, 1.54) is 0 Å². The van der Waals surface area contributed by atoms with E-state index in [9.17, 15) is 9.90 Å². The lowest BCUT2D eigenvalue weighted by Gasteiger charge is -2.32. The molecule has 1 aliphatic rings. The van der Waals surface area contributed by atoms with Gasteiger partial charge in [0.15, 0.2) is 0 Å². The van der Waals surface area contributed by atoms with Gasteiger partial charge in [0.05, 0.1) is 11.8 Å². The predicted molar refractivity (Wildman–Crippen MR) is 99.1 cm³/mol. The van der Waals surface area contributed by atoms with Gasteiger partial charge in [0, 0.05) is 38.4 Å². The smallest absolute Gasteiger partial charge is 0.315 e. The first kappa shape index (κ1) is 19.7. The number of urea groups is 1. The topological polar surface area (TPSA) is 77.5 Å². The molecule has 0 bridgehead atoms. The molecule has 1 atom stereocenters. The van der Waals surface area contributed by atoms with Gasteiger partial charge in [-0.3, -0.25) is 9.88 Å². The number of likely N-dealkylation sites (tertiary alicyclic amines) is 1. The Morgan fingerprint density at radius 3 is 2.64 bits per heavy atom. The Balaban J connectivity index is 1.65. The molecule has 0 saturated carbocycles. The number of aromatic nitrogens is 1. The molecule has 0 aromatic carbocycles. The van der Waals surface area contributed by atoms with E-state index in [2.05, 4.69) is 34.4 Å². The van der Waals surface area contributed by atoms with Gasteiger partial charge in [0.25, 0.3) is 0 Å². The predicted octanol–water partition coefficient (Wildman–Crippen LogP) is 2.14. The number of hydrogen-bond donors (Lipinski definition) is 3. The van der Waals surface area contributed by atoms with Gasteiger partial charge >= 0.3 is 6.03 Å². The summed E-state index contributed by atoms with van der Waals surface area (Å²) < 4.78 is 0. The highest BCUT2D eigenvalue weighted by Crippen LogP contribution is 2.14. The zero-order valence-electron chi connectivity index (χ0n) is 15.4. The molecule has 0 aliphatic carbocycles. The molecule has 25 heavy (non-hydrogen) atoms. The number of aliphatic hydroxyl groups excluding tert-OH is 1. The Labute approximate surface area is 151 Å². The number of rotatable bonds is 8. The molecule has 6 nitrogen and oxygen atoms in total. The molecule has 2 amide bonds. The monoisotopic (exact) mass is 348 g/mol. The van der Waals surface area contributed by atoms with Crippen molar-refractivity contribution in [2.24, 2.45) is 5.92 Å². The number of nitrogens with zero attached hydrogens (tertiary/aromatic N) is 2. The van der Waals surface area contributed by atoms with Crippen LogP contribution in [0.5, 0.6) is 0 Å². The summed E-state index contributed by atoms with van der Waals surface area (Å²) in [4.78, 5) is 18.8. The fourth-order valence-electron chi connectivity index (χ4n) is 3.39. The number of piperidine rings is 1. The molecule has 3 N–H and O–H groups in total. The highest BCUT2D eigenvalue weighted by atomic mass is 16.3. The quantitative estimate of drug-likeness (QED) is 0.673. The fraction of sp³-hybridized carbons (Fsp3) is 0.684. The van der Waals surface area contributed by atoms with Crippen LogP contribution in [-0.4, -0.2) is 52.8 Å². The van der Waals surface area contributed by atoms with Gasteiger partial charge < -0.3 is 15.7 Å². The number of carbonyl (C=O) groups excluding carboxylic acids is 1. The zero-order chi connectivity index (χ0) is 18.1. The Morgan fingerprint density at radius 2 is 2.04 bits per heavy atom. The van der Waals surface area contributed by atoms with Crippen LogP contribution < -0.4 is 10.6 Å². The molecule has 1 aromatic heterocycles. The third-order valence-corrected chi connectivity index (χ3v) is 5.10. The highest BCUT2D eigenvalue weighted by Gasteiger charge is 2.22. The number of amides is 2. The van der Waals surface area contributed by atoms with Crippen LogP contribution in [0.2, 0.25) is 0 Å². The molecule has 1 unspecified atom stereocenters. The lowest BCUT2D eigenvalue weighted by molar-refractivity contribution is 0.102. The van der Waals surface area contributed by atoms with E-state index in [0.717, 1.165) is 51.0 Å². The minimum absolute atomic E-state index is 0.173. The average molecular weight is 348 g/mol. The largest absolute Gasteiger partial charge is 0.391 e. The molecule has 2 heterocycles. The van der Waals surface area contributed by atoms with E-state index in [0.29, 0.717) is 6.54 Å². The molecule has 2 rings (SSSR count). The van der Waals surface area contributed by atoms with Crippen molar-refractivity contribution in [1.29, 1.82) is 0 Å². The Hall–Kier alpha value is -1.66. The van der Waals surface area contributed by atoms with Gasteiger partial charge in [0.2, 0.25) is 0 Å². The second-order valence-corrected chi connectivity index (χ2v) is 6.87. The Bertz CT molecular complexity index is 499. The van der Waals surface area contributed by atoms with Crippen molar-refractivity contribution in [2.45, 2.75) is 58.2 Å². The van der Waals surface area contributed by atoms with Gasteiger partial charge in [-0.15, -0.1) is 0 Å². The lowest BCUT2D eigenvalue weighted by atomic mass is 9.97. The van der Waals surface area contributed by atoms with Crippen molar-refractivity contribution < 1.29 is 9.90 Å². The third-order valence-electron chi connectivity index (χ3n) is 5.10. The van der Waals surface area contributed by atoms with Crippen LogP contribution in [0.1, 0.15) is 45.2 Å². The van der Waals surface area contributed by atoms with E-state index in [-0.39, 0.29) is 18.0 Å². The standard InChI is InChI=1S/C19H32N4O2/c1-3-15(4-2)18(24)13-21-19(25)22-16-8-11-23(12-9-16)14-17-7-5-6-10-20-17/h5-7,10,15-16,18,24H,3-4,8-9,11-14H2,1-2H3,(H2,21,22,25). The first-order chi connectivity index (χ1) is 12.1. The summed E-state index contributed by atoms with van der Waals surface area (Å²) in [5.74, 6) is 0.245. The molecule has 0 radical (unpaired) electrons. The van der Waals surface area contributed by atoms with E-state index in [1.807, 2.05) is 24.4 Å². The van der Waals surface area contributed by atoms with Crippen molar-refractivity contribution in [1.82, 2.24) is 20.5 Å². The van der Waals surface area contributed by atoms with Crippen molar-refractivity contribution in [2.75, 3.05) is 19.6 Å². The number of nitrogens with one attached hydrogen (secondary N) is 2. The number of carbonyl (C=O) groups is 1. The molecule has 1 saturated heterocycles. The maximum Gasteiger partial charge on any atom is 0.315 e. The third kappa shape index (κ3) is 6.63. The molecule has 140 valence electrons. The maximum absolute atomic E-state index is 12.0. The van der Waals surface area contributed by atoms with Crippen LogP contribution in [-0.2, 0) is 6.54 Å². The van der Waals surface area contributed by atoms with Crippen LogP contribution in [0, 0.1) is 5.92 Å². The van der Waals surface area contributed by atoms with Gasteiger partial charge in [-0.25, -0.2) is 4.79 Å². The zero-order valence-corrected chi connectivity index (χ0v) is 15.4. The lowest BCUT2D eigenvalue weighted by Crippen LogP contribution is -2.49. The molecular formula is C19H32N4O2. The first-order valence-corrected chi connectivity index (χ1v) is 9.47. The highest BCUT2D eigenvalue weighted by molar-refractivity contribution is 5.74. The Morgan fingerprint density at radius 1 is 1.32 bits per heavy atom. The number of hydrogen-bond acceptors (Lipinski definition) is 4. The molecule has 1 fully saturated rings. The molecule has 0 spiro atoms. The van der Waals surface area contributed by atoms with Gasteiger partial charge in [-0.2, -0.15) is 0 Å². The SMILES string of the molecule is CCC(CC)C(O)CNC(=O)NC1CCN(Cc2ccccn2)CC1. The minimum atomic E-state index is -0.471. The van der Waals surface area contributed by atoms with E-state index < -0.39 is 6.10 Å². The fourth-order valence-corrected chi connectivity index (χ4v) is 3.39. The average Bonchev–Trinajstić information content (AvgIpc) is 2.63. The van der Waals surface area contributed by atoms with Gasteiger partial charge in [-0.1, -0.05) is 32.8 Å². The normalized spacial score (nSPS) is 17.4. The molecule has 6 heteroatoms. The molecule has 1 aromatic rings. The summed E-state index contributed by atoms with van der Waals surface area (Å²) in [6.07, 6.45) is 5.08. The number of pyridine rings is 1. The van der Waals surface area contributed by atoms with Crippen molar-refractivity contribution in [3.05, 3.63) is 30.1 Å². The van der Waals surface area contributed by atoms with E-state index >= 15 is 0 Å². The second kappa shape index (κ2) is 10.4. The summed E-state index contributed by atoms with van der Waals surface area (Å²) in [7, 11) is 0. The summed E-state index contributed by atoms with van der Waals surface area (Å²) in [5, 5.41) is 15.9. The van der Waals surface area contributed by atoms with Crippen LogP contribution in [0.15, 0.2) is 24.4 Å². The summed E-state index contributed by atoms with van der Waals surface area (Å²) in [6, 6.07) is 6.01. The Kier molecular flexibility index (Phi) is 8.15. The van der Waals surface area contributed by atoms with E-state index in [1.54, 1.807) is 0 Å². The van der Waals surface area contributed by atoms with Crippen LogP contribution in [0.4, 0.5) is 4.79 Å². The minimum Gasteiger partial charge on any atom is -0.391 e. The molecule has 1 aliphatic heterocycles. The van der Waals surface area contributed by atoms with Gasteiger partial charge in [-0.05, 0) is 30.9 Å². The number of aliphatic hydroxyl groups is 1. The van der Waals surface area contributed by atoms with Crippen molar-refractivity contribution in [3.63, 3.8) is 0 Å². The second-order valence-electron chi connectivity index (χ2n) is 6.87. The van der Waals surface area contributed by atoms with Crippen molar-refractivity contribution >= 4 is 6.03 Å². The first-order valence-electron chi connectivity index (χ1n) is 9.47. The van der Waals surface area contributed by atoms with Crippen LogP contribution in [0.25, 0.3) is 0 Å². The molecular weight excluding hydrogens is 316 g/mol. The van der Waals surface area contributed by atoms with Crippen molar-refractivity contribution in [3.8, 4) is 0 Å². The van der Waals surface area contributed by atoms with Crippen LogP contribution >= 0.6 is 0 Å². The maximum atomic E-state index is 12.0. The summed E-state index contributed by atoms with van der Waals surface area (Å²) >= 11 is 0. The summed E-state index contributed by atoms with van der Waals surface area (Å²) in [5.41, 5.74) is 1.09. The summed E-state index contributed by atoms with van der Waals surface area (Å²) in [6.45, 7) is 7.22. The van der Waals surface area contributed by atoms with Crippen LogP contribution in [0.3, 0.4) is 0 Å². The van der Waals surface area contributed by atoms with E-state index in [4.69, 9.17) is 0 Å². The van der Waals surface area contributed by atoms with Gasteiger partial charge in [0.1, 0.15) is 0 Å².